The Hall–Kier alpha value is 0.620. The number of likely N-dealkylation sites (N-methyl/N-ethyl adjacent to an activating group) is 3. The third-order valence-electron chi connectivity index (χ3n) is 2.87. The molecule has 0 aliphatic rings. The van der Waals surface area contributed by atoms with Crippen LogP contribution in [0.4, 0.5) is 0 Å². The minimum atomic E-state index is -0.313. The molecule has 19 heavy (non-hydrogen) atoms. The van der Waals surface area contributed by atoms with E-state index in [0.717, 1.165) is 0 Å². The Morgan fingerprint density at radius 3 is 1.79 bits per heavy atom. The Balaban J connectivity index is 0. The van der Waals surface area contributed by atoms with Gasteiger partial charge in [0.05, 0.1) is 12.2 Å². The van der Waals surface area contributed by atoms with Crippen LogP contribution in [0.15, 0.2) is 0 Å². The van der Waals surface area contributed by atoms with E-state index in [-0.39, 0.29) is 24.3 Å². The van der Waals surface area contributed by atoms with E-state index >= 15 is 0 Å². The first-order chi connectivity index (χ1) is 8.81. The quantitative estimate of drug-likeness (QED) is 0.370. The van der Waals surface area contributed by atoms with Crippen LogP contribution in [0.1, 0.15) is 13.8 Å². The van der Waals surface area contributed by atoms with Crippen LogP contribution in [0.25, 0.3) is 0 Å². The fraction of sp³-hybridized carbons (Fsp3) is 1.00. The van der Waals surface area contributed by atoms with Gasteiger partial charge in [0.2, 0.25) is 0 Å². The molecule has 0 heterocycles. The number of hydrogen-bond donors (Lipinski definition) is 5. The summed E-state index contributed by atoms with van der Waals surface area (Å²) >= 11 is 0. The van der Waals surface area contributed by atoms with E-state index in [0.29, 0.717) is 13.1 Å². The maximum absolute atomic E-state index is 9.37. The van der Waals surface area contributed by atoms with Crippen LogP contribution in [-0.2, 0) is 0 Å². The van der Waals surface area contributed by atoms with Gasteiger partial charge in [0.15, 0.2) is 0 Å². The van der Waals surface area contributed by atoms with Crippen LogP contribution >= 0.6 is 18.8 Å². The van der Waals surface area contributed by atoms with E-state index in [9.17, 15) is 10.2 Å². The molecule has 0 aromatic rings. The highest BCUT2D eigenvalue weighted by Crippen LogP contribution is 2.05. The molecule has 5 N–H and O–H groups in total. The molecule has 0 saturated heterocycles. The second-order valence-electron chi connectivity index (χ2n) is 4.61. The molecular weight excluding hydrogens is 282 g/mol. The lowest BCUT2D eigenvalue weighted by Crippen LogP contribution is -2.39. The highest BCUT2D eigenvalue weighted by molar-refractivity contribution is 7.13. The molecule has 0 amide bonds. The summed E-state index contributed by atoms with van der Waals surface area (Å²) in [6.07, 6.45) is -0.611. The minimum Gasteiger partial charge on any atom is -0.390 e. The summed E-state index contributed by atoms with van der Waals surface area (Å²) < 4.78 is 1.92. The van der Waals surface area contributed by atoms with E-state index in [2.05, 4.69) is 34.5 Å². The lowest BCUT2D eigenvalue weighted by atomic mass is 10.2. The molecule has 6 nitrogen and oxygen atoms in total. The monoisotopic (exact) mass is 314 g/mol. The molecule has 0 aromatic heterocycles. The van der Waals surface area contributed by atoms with Crippen LogP contribution in [0.2, 0.25) is 0 Å². The zero-order valence-electron chi connectivity index (χ0n) is 12.7. The van der Waals surface area contributed by atoms with Gasteiger partial charge >= 0.3 is 0 Å². The van der Waals surface area contributed by atoms with Gasteiger partial charge in [-0.05, 0) is 35.0 Å². The van der Waals surface area contributed by atoms with Gasteiger partial charge in [-0.2, -0.15) is 0 Å². The average Bonchev–Trinajstić information content (AvgIpc) is 2.37. The van der Waals surface area contributed by atoms with E-state index in [1.165, 1.54) is 0 Å². The van der Waals surface area contributed by atoms with Crippen molar-refractivity contribution in [2.45, 2.75) is 38.1 Å². The summed E-state index contributed by atoms with van der Waals surface area (Å²) in [6.45, 7) is 5.17. The predicted octanol–water partition coefficient (Wildman–Crippen LogP) is -0.988. The van der Waals surface area contributed by atoms with Crippen molar-refractivity contribution in [1.29, 1.82) is 0 Å². The fourth-order valence-electron chi connectivity index (χ4n) is 1.15. The van der Waals surface area contributed by atoms with E-state index < -0.39 is 0 Å². The maximum atomic E-state index is 9.37. The first kappa shape index (κ1) is 21.9. The van der Waals surface area contributed by atoms with Crippen molar-refractivity contribution in [1.82, 2.24) is 20.4 Å². The molecule has 118 valence electrons. The Morgan fingerprint density at radius 1 is 1.05 bits per heavy atom. The van der Waals surface area contributed by atoms with Crippen LogP contribution in [0.5, 0.6) is 0 Å². The summed E-state index contributed by atoms with van der Waals surface area (Å²) in [7, 11) is 10.5. The summed E-state index contributed by atoms with van der Waals surface area (Å²) in [6, 6.07) is 0.305. The lowest BCUT2D eigenvalue weighted by Gasteiger charge is -2.24. The molecule has 4 unspecified atom stereocenters. The molecule has 0 fully saturated rings. The highest BCUT2D eigenvalue weighted by Gasteiger charge is 2.14. The smallest absolute Gasteiger partial charge is 0.0819 e. The zero-order valence-corrected chi connectivity index (χ0v) is 15.0. The van der Waals surface area contributed by atoms with Gasteiger partial charge in [-0.3, -0.25) is 9.76 Å². The molecule has 8 heteroatoms. The number of rotatable bonds is 8. The largest absolute Gasteiger partial charge is 0.390 e. The average molecular weight is 314 g/mol. The standard InChI is InChI=1S/C6H17N2OP.C5H15N2OP/c1-5(8(3)10)6(9)4-7-2;1-4(7-9)5(8)3-6-2/h5-7,9H,4,10H2,1-3H3;4-8H,3,9H2,1-2H3/t5?,6-;4?,5-/m11/s1. The van der Waals surface area contributed by atoms with Gasteiger partial charge in [0, 0.05) is 25.2 Å². The van der Waals surface area contributed by atoms with Gasteiger partial charge in [-0.1, -0.05) is 18.8 Å². The summed E-state index contributed by atoms with van der Waals surface area (Å²) in [5.41, 5.74) is 0. The molecule has 0 bridgehead atoms. The van der Waals surface area contributed by atoms with Gasteiger partial charge in [0.1, 0.15) is 0 Å². The first-order valence-electron chi connectivity index (χ1n) is 6.40. The Labute approximate surface area is 122 Å². The molecule has 0 aliphatic heterocycles. The van der Waals surface area contributed by atoms with Gasteiger partial charge in [-0.25, -0.2) is 0 Å². The summed E-state index contributed by atoms with van der Waals surface area (Å²) in [5, 5.41) is 27.2. The topological polar surface area (TPSA) is 79.8 Å². The van der Waals surface area contributed by atoms with Crippen LogP contribution in [0, 0.1) is 0 Å². The second-order valence-corrected chi connectivity index (χ2v) is 5.76. The Kier molecular flexibility index (Phi) is 15.7. The molecule has 0 spiro atoms. The summed E-state index contributed by atoms with van der Waals surface area (Å²) in [5.74, 6) is 0. The molecule has 0 saturated carbocycles. The number of nitrogens with one attached hydrogen (secondary N) is 3. The van der Waals surface area contributed by atoms with Crippen molar-refractivity contribution in [3.8, 4) is 0 Å². The van der Waals surface area contributed by atoms with Crippen LogP contribution in [0.3, 0.4) is 0 Å². The normalized spacial score (nSPS) is 17.4. The van der Waals surface area contributed by atoms with Gasteiger partial charge in [-0.15, -0.1) is 0 Å². The maximum Gasteiger partial charge on any atom is 0.0819 e. The van der Waals surface area contributed by atoms with E-state index in [1.54, 1.807) is 0 Å². The minimum absolute atomic E-state index is 0.127. The first-order valence-corrected chi connectivity index (χ1v) is 7.50. The third kappa shape index (κ3) is 12.1. The van der Waals surface area contributed by atoms with Crippen LogP contribution in [-0.4, -0.2) is 73.4 Å². The fourth-order valence-corrected chi connectivity index (χ4v) is 1.57. The zero-order chi connectivity index (χ0) is 15.4. The van der Waals surface area contributed by atoms with Crippen molar-refractivity contribution in [3.63, 3.8) is 0 Å². The van der Waals surface area contributed by atoms with Crippen molar-refractivity contribution >= 4 is 18.8 Å². The number of nitrogens with zero attached hydrogens (tertiary/aromatic N) is 1. The van der Waals surface area contributed by atoms with Crippen molar-refractivity contribution in [2.24, 2.45) is 0 Å². The SMILES string of the molecule is CNC[C@@H](O)C(C)N(C)P.CNC[C@@H](O)C(C)NP. The second kappa shape index (κ2) is 13.6. The highest BCUT2D eigenvalue weighted by atomic mass is 31.0. The lowest BCUT2D eigenvalue weighted by molar-refractivity contribution is 0.112. The van der Waals surface area contributed by atoms with Crippen molar-refractivity contribution < 1.29 is 10.2 Å². The molecule has 0 aliphatic carbocycles. The predicted molar refractivity (Wildman–Crippen MR) is 89.1 cm³/mol. The molecule has 0 rings (SSSR count). The van der Waals surface area contributed by atoms with E-state index in [1.807, 2.05) is 39.7 Å². The molecule has 6 atom stereocenters. The Morgan fingerprint density at radius 2 is 1.47 bits per heavy atom. The molecule has 0 aromatic carbocycles. The van der Waals surface area contributed by atoms with Crippen molar-refractivity contribution in [3.05, 3.63) is 0 Å². The van der Waals surface area contributed by atoms with Crippen molar-refractivity contribution in [2.75, 3.05) is 34.2 Å². The van der Waals surface area contributed by atoms with Crippen LogP contribution < -0.4 is 15.7 Å². The van der Waals surface area contributed by atoms with E-state index in [4.69, 9.17) is 0 Å². The number of hydrogen-bond acceptors (Lipinski definition) is 6. The third-order valence-corrected chi connectivity index (χ3v) is 3.86. The summed E-state index contributed by atoms with van der Waals surface area (Å²) in [4.78, 5) is 0. The van der Waals surface area contributed by atoms with Gasteiger partial charge in [0.25, 0.3) is 0 Å². The number of aliphatic hydroxyl groups excluding tert-OH is 2. The number of aliphatic hydroxyl groups is 2. The van der Waals surface area contributed by atoms with Gasteiger partial charge < -0.3 is 20.8 Å². The Bertz CT molecular complexity index is 202. The molecule has 0 radical (unpaired) electrons. The molecular formula is C11H32N4O2P2.